The van der Waals surface area contributed by atoms with Crippen molar-refractivity contribution in [3.63, 3.8) is 0 Å². The molecule has 0 aliphatic rings. The van der Waals surface area contributed by atoms with Crippen LogP contribution in [0.1, 0.15) is 12.6 Å². The van der Waals surface area contributed by atoms with Gasteiger partial charge in [-0.1, -0.05) is 41.3 Å². The Morgan fingerprint density at radius 1 is 1.38 bits per heavy atom. The summed E-state index contributed by atoms with van der Waals surface area (Å²) < 4.78 is 4.96. The second-order valence-corrected chi connectivity index (χ2v) is 4.19. The van der Waals surface area contributed by atoms with Gasteiger partial charge in [-0.15, -0.1) is 0 Å². The molecule has 0 amide bonds. The zero-order chi connectivity index (χ0) is 11.7. The highest BCUT2D eigenvalue weighted by molar-refractivity contribution is 6.36. The van der Waals surface area contributed by atoms with Gasteiger partial charge < -0.3 is 10.3 Å². The number of anilines is 1. The zero-order valence-electron chi connectivity index (χ0n) is 8.63. The average Bonchev–Trinajstić information content (AvgIpc) is 2.60. The first-order chi connectivity index (χ1) is 7.63. The number of hydrogen-bond donors (Lipinski definition) is 1. The van der Waals surface area contributed by atoms with Crippen molar-refractivity contribution in [1.82, 2.24) is 5.16 Å². The molecule has 3 nitrogen and oxygen atoms in total. The molecule has 0 radical (unpaired) electrons. The second-order valence-electron chi connectivity index (χ2n) is 3.35. The molecule has 0 aliphatic heterocycles. The molecule has 5 heteroatoms. The molecule has 2 aromatic rings. The fourth-order valence-corrected chi connectivity index (χ4v) is 2.06. The van der Waals surface area contributed by atoms with Gasteiger partial charge in [0, 0.05) is 10.6 Å². The quantitative estimate of drug-likeness (QED) is 0.890. The summed E-state index contributed by atoms with van der Waals surface area (Å²) in [5.74, 6) is 0.279. The van der Waals surface area contributed by atoms with Crippen LogP contribution in [0.5, 0.6) is 0 Å². The number of aryl methyl sites for hydroxylation is 1. The molecule has 16 heavy (non-hydrogen) atoms. The van der Waals surface area contributed by atoms with Crippen LogP contribution in [0.4, 0.5) is 5.88 Å². The SMILES string of the molecule is CCc1noc(N)c1-c1ccc(Cl)cc1Cl. The number of hydrogen-bond acceptors (Lipinski definition) is 3. The summed E-state index contributed by atoms with van der Waals surface area (Å²) in [6, 6.07) is 5.24. The van der Waals surface area contributed by atoms with E-state index in [0.717, 1.165) is 23.2 Å². The van der Waals surface area contributed by atoms with E-state index < -0.39 is 0 Å². The van der Waals surface area contributed by atoms with E-state index in [2.05, 4.69) is 5.16 Å². The standard InChI is InChI=1S/C11H10Cl2N2O/c1-2-9-10(11(14)16-15-9)7-4-3-6(12)5-8(7)13/h3-5H,2,14H2,1H3. The molecular formula is C11H10Cl2N2O. The Morgan fingerprint density at radius 2 is 2.12 bits per heavy atom. The maximum absolute atomic E-state index is 6.11. The number of nitrogen functional groups attached to an aromatic ring is 1. The molecule has 0 atom stereocenters. The van der Waals surface area contributed by atoms with E-state index in [4.69, 9.17) is 33.5 Å². The van der Waals surface area contributed by atoms with Crippen LogP contribution < -0.4 is 5.73 Å². The maximum atomic E-state index is 6.11. The van der Waals surface area contributed by atoms with Crippen LogP contribution in [-0.4, -0.2) is 5.16 Å². The largest absolute Gasteiger partial charge is 0.367 e. The molecule has 0 bridgehead atoms. The van der Waals surface area contributed by atoms with Gasteiger partial charge in [-0.2, -0.15) is 0 Å². The Bertz CT molecular complexity index is 523. The minimum absolute atomic E-state index is 0.279. The summed E-state index contributed by atoms with van der Waals surface area (Å²) in [6.45, 7) is 1.98. The number of nitrogens with two attached hydrogens (primary N) is 1. The van der Waals surface area contributed by atoms with Crippen molar-refractivity contribution in [2.24, 2.45) is 0 Å². The summed E-state index contributed by atoms with van der Waals surface area (Å²) in [5.41, 5.74) is 8.08. The van der Waals surface area contributed by atoms with E-state index >= 15 is 0 Å². The lowest BCUT2D eigenvalue weighted by atomic mass is 10.0. The van der Waals surface area contributed by atoms with Gasteiger partial charge in [0.25, 0.3) is 0 Å². The van der Waals surface area contributed by atoms with Crippen molar-refractivity contribution in [2.75, 3.05) is 5.73 Å². The van der Waals surface area contributed by atoms with E-state index in [1.54, 1.807) is 12.1 Å². The predicted molar refractivity (Wildman–Crippen MR) is 65.7 cm³/mol. The van der Waals surface area contributed by atoms with Gasteiger partial charge in [0.05, 0.1) is 16.3 Å². The average molecular weight is 257 g/mol. The van der Waals surface area contributed by atoms with E-state index in [-0.39, 0.29) is 5.88 Å². The number of benzene rings is 1. The van der Waals surface area contributed by atoms with Crippen molar-refractivity contribution in [2.45, 2.75) is 13.3 Å². The minimum Gasteiger partial charge on any atom is -0.367 e. The van der Waals surface area contributed by atoms with Crippen molar-refractivity contribution in [3.8, 4) is 11.1 Å². The number of rotatable bonds is 2. The highest BCUT2D eigenvalue weighted by Gasteiger charge is 2.16. The van der Waals surface area contributed by atoms with Gasteiger partial charge >= 0.3 is 0 Å². The van der Waals surface area contributed by atoms with Gasteiger partial charge in [0.1, 0.15) is 0 Å². The molecular weight excluding hydrogens is 247 g/mol. The van der Waals surface area contributed by atoms with Gasteiger partial charge in [0.2, 0.25) is 5.88 Å². The van der Waals surface area contributed by atoms with Crippen LogP contribution >= 0.6 is 23.2 Å². The predicted octanol–water partition coefficient (Wildman–Crippen LogP) is 3.79. The van der Waals surface area contributed by atoms with Crippen LogP contribution in [-0.2, 0) is 6.42 Å². The molecule has 1 heterocycles. The lowest BCUT2D eigenvalue weighted by Gasteiger charge is -2.04. The highest BCUT2D eigenvalue weighted by atomic mass is 35.5. The highest BCUT2D eigenvalue weighted by Crippen LogP contribution is 2.36. The van der Waals surface area contributed by atoms with Crippen LogP contribution in [0.3, 0.4) is 0 Å². The molecule has 0 saturated carbocycles. The van der Waals surface area contributed by atoms with Crippen molar-refractivity contribution in [1.29, 1.82) is 0 Å². The van der Waals surface area contributed by atoms with Gasteiger partial charge in [-0.05, 0) is 18.6 Å². The molecule has 0 unspecified atom stereocenters. The minimum atomic E-state index is 0.279. The topological polar surface area (TPSA) is 52.0 Å². The summed E-state index contributed by atoms with van der Waals surface area (Å²) >= 11 is 11.9. The first kappa shape index (κ1) is 11.3. The molecule has 0 saturated heterocycles. The maximum Gasteiger partial charge on any atom is 0.230 e. The lowest BCUT2D eigenvalue weighted by molar-refractivity contribution is 0.428. The Morgan fingerprint density at radius 3 is 2.75 bits per heavy atom. The Kier molecular flexibility index (Phi) is 3.08. The first-order valence-corrected chi connectivity index (χ1v) is 5.58. The third-order valence-corrected chi connectivity index (χ3v) is 2.87. The fourth-order valence-electron chi connectivity index (χ4n) is 1.56. The number of halogens is 2. The monoisotopic (exact) mass is 256 g/mol. The molecule has 2 N–H and O–H groups in total. The molecule has 1 aromatic heterocycles. The summed E-state index contributed by atoms with van der Waals surface area (Å²) in [7, 11) is 0. The van der Waals surface area contributed by atoms with Crippen molar-refractivity contribution >= 4 is 29.1 Å². The smallest absolute Gasteiger partial charge is 0.230 e. The zero-order valence-corrected chi connectivity index (χ0v) is 10.1. The third kappa shape index (κ3) is 1.88. The fraction of sp³-hybridized carbons (Fsp3) is 0.182. The van der Waals surface area contributed by atoms with Crippen molar-refractivity contribution < 1.29 is 4.52 Å². The van der Waals surface area contributed by atoms with Crippen molar-refractivity contribution in [3.05, 3.63) is 33.9 Å². The number of aromatic nitrogens is 1. The molecule has 0 fully saturated rings. The van der Waals surface area contributed by atoms with E-state index in [0.29, 0.717) is 10.0 Å². The van der Waals surface area contributed by atoms with Crippen LogP contribution in [0.15, 0.2) is 22.7 Å². The molecule has 1 aromatic carbocycles. The van der Waals surface area contributed by atoms with Gasteiger partial charge in [-0.3, -0.25) is 0 Å². The Labute approximate surface area is 103 Å². The van der Waals surface area contributed by atoms with Crippen LogP contribution in [0, 0.1) is 0 Å². The summed E-state index contributed by atoms with van der Waals surface area (Å²) in [5, 5.41) is 5.01. The first-order valence-electron chi connectivity index (χ1n) is 4.83. The second kappa shape index (κ2) is 4.36. The molecule has 0 aliphatic carbocycles. The van der Waals surface area contributed by atoms with Crippen LogP contribution in [0.25, 0.3) is 11.1 Å². The summed E-state index contributed by atoms with van der Waals surface area (Å²) in [4.78, 5) is 0. The summed E-state index contributed by atoms with van der Waals surface area (Å²) in [6.07, 6.45) is 0.731. The third-order valence-electron chi connectivity index (χ3n) is 2.32. The van der Waals surface area contributed by atoms with Gasteiger partial charge in [-0.25, -0.2) is 0 Å². The van der Waals surface area contributed by atoms with Gasteiger partial charge in [0.15, 0.2) is 0 Å². The lowest BCUT2D eigenvalue weighted by Crippen LogP contribution is -1.90. The molecule has 0 spiro atoms. The Hall–Kier alpha value is -1.19. The Balaban J connectivity index is 2.62. The molecule has 84 valence electrons. The number of nitrogens with zero attached hydrogens (tertiary/aromatic N) is 1. The van der Waals surface area contributed by atoms with Crippen LogP contribution in [0.2, 0.25) is 10.0 Å². The van der Waals surface area contributed by atoms with E-state index in [9.17, 15) is 0 Å². The molecule has 2 rings (SSSR count). The normalized spacial score (nSPS) is 10.7. The van der Waals surface area contributed by atoms with E-state index in [1.807, 2.05) is 13.0 Å². The van der Waals surface area contributed by atoms with E-state index in [1.165, 1.54) is 0 Å².